The third kappa shape index (κ3) is 2.77. The topological polar surface area (TPSA) is 35.2 Å². The van der Waals surface area contributed by atoms with Gasteiger partial charge in [0.25, 0.3) is 0 Å². The fraction of sp³-hybridized carbons (Fsp3) is 0.200. The van der Waals surface area contributed by atoms with E-state index in [4.69, 9.17) is 10.5 Å². The molecule has 0 bridgehead atoms. The first-order valence-corrected chi connectivity index (χ1v) is 5.06. The number of methoxy groups -OCH3 is 1. The highest BCUT2D eigenvalue weighted by Crippen LogP contribution is 2.20. The van der Waals surface area contributed by atoms with Gasteiger partial charge in [0.2, 0.25) is 0 Å². The molecule has 1 aromatic carbocycles. The van der Waals surface area contributed by atoms with Crippen molar-refractivity contribution in [3.63, 3.8) is 0 Å². The molecule has 13 heavy (non-hydrogen) atoms. The van der Waals surface area contributed by atoms with Crippen molar-refractivity contribution in [2.75, 3.05) is 18.2 Å². The number of allylic oxidation sites excluding steroid dienone is 1. The molecule has 1 rings (SSSR count). The number of rotatable bonds is 3. The van der Waals surface area contributed by atoms with Crippen molar-refractivity contribution < 1.29 is 4.74 Å². The fourth-order valence-corrected chi connectivity index (χ4v) is 1.19. The molecule has 0 amide bonds. The molecule has 2 nitrogen and oxygen atoms in total. The second kappa shape index (κ2) is 4.92. The van der Waals surface area contributed by atoms with E-state index >= 15 is 0 Å². The van der Waals surface area contributed by atoms with Gasteiger partial charge in [0.1, 0.15) is 5.75 Å². The molecule has 2 N–H and O–H groups in total. The van der Waals surface area contributed by atoms with Gasteiger partial charge in [-0.1, -0.05) is 28.1 Å². The van der Waals surface area contributed by atoms with Crippen molar-refractivity contribution in [1.82, 2.24) is 0 Å². The standard InChI is InChI=1S/C10H12BrNO/c1-13-9-5-4-8(3-2-6-11)10(12)7-9/h2-5,7H,6,12H2,1H3. The third-order valence-electron chi connectivity index (χ3n) is 1.68. The lowest BCUT2D eigenvalue weighted by molar-refractivity contribution is 0.415. The van der Waals surface area contributed by atoms with E-state index in [0.29, 0.717) is 0 Å². The molecule has 0 aliphatic carbocycles. The maximum Gasteiger partial charge on any atom is 0.120 e. The van der Waals surface area contributed by atoms with Crippen LogP contribution in [0.3, 0.4) is 0 Å². The number of anilines is 1. The van der Waals surface area contributed by atoms with E-state index in [2.05, 4.69) is 15.9 Å². The Labute approximate surface area is 86.5 Å². The van der Waals surface area contributed by atoms with E-state index < -0.39 is 0 Å². The van der Waals surface area contributed by atoms with E-state index in [1.54, 1.807) is 7.11 Å². The molecule has 0 spiro atoms. The molecule has 0 heterocycles. The van der Waals surface area contributed by atoms with Crippen LogP contribution >= 0.6 is 15.9 Å². The van der Waals surface area contributed by atoms with Gasteiger partial charge in [-0.25, -0.2) is 0 Å². The van der Waals surface area contributed by atoms with Crippen molar-refractivity contribution in [3.8, 4) is 5.75 Å². The predicted octanol–water partition coefficient (Wildman–Crippen LogP) is 2.69. The van der Waals surface area contributed by atoms with Crippen molar-refractivity contribution in [2.45, 2.75) is 0 Å². The van der Waals surface area contributed by atoms with E-state index in [1.807, 2.05) is 30.4 Å². The van der Waals surface area contributed by atoms with Gasteiger partial charge in [-0.15, -0.1) is 0 Å². The maximum atomic E-state index is 5.79. The Hall–Kier alpha value is -0.960. The molecule has 0 saturated carbocycles. The third-order valence-corrected chi connectivity index (χ3v) is 2.05. The monoisotopic (exact) mass is 241 g/mol. The van der Waals surface area contributed by atoms with Crippen LogP contribution in [0.4, 0.5) is 5.69 Å². The number of ether oxygens (including phenoxy) is 1. The average Bonchev–Trinajstić information content (AvgIpc) is 2.16. The Kier molecular flexibility index (Phi) is 3.83. The summed E-state index contributed by atoms with van der Waals surface area (Å²) in [6.07, 6.45) is 3.97. The summed E-state index contributed by atoms with van der Waals surface area (Å²) in [5.41, 5.74) is 7.54. The van der Waals surface area contributed by atoms with Crippen molar-refractivity contribution >= 4 is 27.7 Å². The largest absolute Gasteiger partial charge is 0.497 e. The molecule has 0 aromatic heterocycles. The van der Waals surface area contributed by atoms with Gasteiger partial charge in [-0.3, -0.25) is 0 Å². The summed E-state index contributed by atoms with van der Waals surface area (Å²) < 4.78 is 5.04. The Balaban J connectivity index is 2.91. The first kappa shape index (κ1) is 10.1. The Morgan fingerprint density at radius 2 is 2.31 bits per heavy atom. The van der Waals surface area contributed by atoms with Crippen LogP contribution in [0.15, 0.2) is 24.3 Å². The van der Waals surface area contributed by atoms with Gasteiger partial charge in [-0.05, 0) is 17.7 Å². The van der Waals surface area contributed by atoms with E-state index in [-0.39, 0.29) is 0 Å². The van der Waals surface area contributed by atoms with Crippen LogP contribution in [0.2, 0.25) is 0 Å². The van der Waals surface area contributed by atoms with Crippen LogP contribution in [0.5, 0.6) is 5.75 Å². The SMILES string of the molecule is COc1ccc(C=CCBr)c(N)c1. The lowest BCUT2D eigenvalue weighted by Gasteiger charge is -2.03. The van der Waals surface area contributed by atoms with Crippen LogP contribution in [0, 0.1) is 0 Å². The molecule has 0 aliphatic heterocycles. The number of hydrogen-bond acceptors (Lipinski definition) is 2. The Morgan fingerprint density at radius 3 is 2.85 bits per heavy atom. The summed E-state index contributed by atoms with van der Waals surface area (Å²) in [5, 5.41) is 0.832. The van der Waals surface area contributed by atoms with Gasteiger partial charge in [-0.2, -0.15) is 0 Å². The van der Waals surface area contributed by atoms with Crippen molar-refractivity contribution in [3.05, 3.63) is 29.8 Å². The van der Waals surface area contributed by atoms with Crippen LogP contribution < -0.4 is 10.5 Å². The molecule has 1 aromatic rings. The predicted molar refractivity (Wildman–Crippen MR) is 60.2 cm³/mol. The van der Waals surface area contributed by atoms with Crippen molar-refractivity contribution in [2.24, 2.45) is 0 Å². The molecule has 0 aliphatic rings. The Bertz CT molecular complexity index is 310. The highest BCUT2D eigenvalue weighted by molar-refractivity contribution is 9.09. The van der Waals surface area contributed by atoms with E-state index in [0.717, 1.165) is 22.3 Å². The summed E-state index contributed by atoms with van der Waals surface area (Å²) in [7, 11) is 1.63. The maximum absolute atomic E-state index is 5.79. The lowest BCUT2D eigenvalue weighted by Crippen LogP contribution is -1.91. The number of nitrogen functional groups attached to an aromatic ring is 1. The zero-order valence-corrected chi connectivity index (χ0v) is 9.04. The summed E-state index contributed by atoms with van der Waals surface area (Å²) in [6.45, 7) is 0. The molecule has 0 saturated heterocycles. The van der Waals surface area contributed by atoms with Gasteiger partial charge in [0.15, 0.2) is 0 Å². The quantitative estimate of drug-likeness (QED) is 0.653. The summed E-state index contributed by atoms with van der Waals surface area (Å²) >= 11 is 3.31. The molecule has 3 heteroatoms. The second-order valence-electron chi connectivity index (χ2n) is 2.55. The Morgan fingerprint density at radius 1 is 1.54 bits per heavy atom. The van der Waals surface area contributed by atoms with E-state index in [9.17, 15) is 0 Å². The summed E-state index contributed by atoms with van der Waals surface area (Å²) in [5.74, 6) is 0.786. The minimum Gasteiger partial charge on any atom is -0.497 e. The molecule has 0 radical (unpaired) electrons. The normalized spacial score (nSPS) is 10.6. The van der Waals surface area contributed by atoms with Crippen LogP contribution in [0.25, 0.3) is 6.08 Å². The summed E-state index contributed by atoms with van der Waals surface area (Å²) in [6, 6.07) is 5.64. The molecule has 0 unspecified atom stereocenters. The number of benzene rings is 1. The van der Waals surface area contributed by atoms with Crippen molar-refractivity contribution in [1.29, 1.82) is 0 Å². The van der Waals surface area contributed by atoms with Crippen LogP contribution in [0.1, 0.15) is 5.56 Å². The minimum atomic E-state index is 0.733. The molecule has 0 fully saturated rings. The zero-order chi connectivity index (χ0) is 9.68. The first-order chi connectivity index (χ1) is 6.27. The number of nitrogens with two attached hydrogens (primary N) is 1. The fourth-order valence-electron chi connectivity index (χ4n) is 1.00. The highest BCUT2D eigenvalue weighted by Gasteiger charge is 1.96. The van der Waals surface area contributed by atoms with Gasteiger partial charge in [0.05, 0.1) is 7.11 Å². The van der Waals surface area contributed by atoms with Crippen LogP contribution in [-0.2, 0) is 0 Å². The smallest absolute Gasteiger partial charge is 0.120 e. The summed E-state index contributed by atoms with van der Waals surface area (Å²) in [4.78, 5) is 0. The van der Waals surface area contributed by atoms with Gasteiger partial charge in [0, 0.05) is 17.1 Å². The number of hydrogen-bond donors (Lipinski definition) is 1. The molecule has 0 atom stereocenters. The van der Waals surface area contributed by atoms with Crippen LogP contribution in [-0.4, -0.2) is 12.4 Å². The second-order valence-corrected chi connectivity index (χ2v) is 3.20. The minimum absolute atomic E-state index is 0.733. The number of halogens is 1. The molecule has 70 valence electrons. The lowest BCUT2D eigenvalue weighted by atomic mass is 10.1. The molecular formula is C10H12BrNO. The number of alkyl halides is 1. The average molecular weight is 242 g/mol. The van der Waals surface area contributed by atoms with Gasteiger partial charge >= 0.3 is 0 Å². The van der Waals surface area contributed by atoms with E-state index in [1.165, 1.54) is 0 Å². The molecular weight excluding hydrogens is 230 g/mol. The first-order valence-electron chi connectivity index (χ1n) is 3.94. The highest BCUT2D eigenvalue weighted by atomic mass is 79.9. The van der Waals surface area contributed by atoms with Gasteiger partial charge < -0.3 is 10.5 Å². The zero-order valence-electron chi connectivity index (χ0n) is 7.46.